The molecule has 9 aromatic rings. The Hall–Kier alpha value is -5.50. The SMILES string of the molecule is Cc1ccc(-c2c3c(c(-c4ccccc4)c4ccccc24)-c2cccc4c(-c5cc6ccccc6c6ccsc56)ccc-3c24)cc1. The summed E-state index contributed by atoms with van der Waals surface area (Å²) in [7, 11) is 0. The second kappa shape index (κ2) is 9.75. The minimum atomic E-state index is 1.25. The Morgan fingerprint density at radius 1 is 0.391 bits per heavy atom. The van der Waals surface area contributed by atoms with Gasteiger partial charge >= 0.3 is 0 Å². The van der Waals surface area contributed by atoms with Crippen LogP contribution in [-0.4, -0.2) is 0 Å². The Kier molecular flexibility index (Phi) is 5.47. The summed E-state index contributed by atoms with van der Waals surface area (Å²) in [6, 6.07) is 54.3. The van der Waals surface area contributed by atoms with Gasteiger partial charge in [0.15, 0.2) is 0 Å². The molecule has 0 spiro atoms. The van der Waals surface area contributed by atoms with Gasteiger partial charge in [-0.1, -0.05) is 139 Å². The zero-order valence-corrected chi connectivity index (χ0v) is 26.2. The molecule has 1 aromatic heterocycles. The van der Waals surface area contributed by atoms with E-state index in [1.165, 1.54) is 104 Å². The Morgan fingerprint density at radius 3 is 1.76 bits per heavy atom. The van der Waals surface area contributed by atoms with E-state index < -0.39 is 0 Å². The molecule has 46 heavy (non-hydrogen) atoms. The number of hydrogen-bond donors (Lipinski definition) is 0. The Balaban J connectivity index is 1.36. The molecule has 0 amide bonds. The summed E-state index contributed by atoms with van der Waals surface area (Å²) in [4.78, 5) is 0. The summed E-state index contributed by atoms with van der Waals surface area (Å²) in [5, 5.41) is 11.4. The van der Waals surface area contributed by atoms with Gasteiger partial charge in [-0.25, -0.2) is 0 Å². The van der Waals surface area contributed by atoms with Crippen molar-refractivity contribution in [1.29, 1.82) is 0 Å². The van der Waals surface area contributed by atoms with E-state index in [2.05, 4.69) is 158 Å². The summed E-state index contributed by atoms with van der Waals surface area (Å²) in [5.41, 5.74) is 14.4. The monoisotopic (exact) mass is 600 g/mol. The van der Waals surface area contributed by atoms with Crippen molar-refractivity contribution < 1.29 is 0 Å². The first kappa shape index (κ1) is 25.8. The molecule has 214 valence electrons. The molecule has 1 heterocycles. The van der Waals surface area contributed by atoms with Gasteiger partial charge in [-0.05, 0) is 107 Å². The van der Waals surface area contributed by atoms with E-state index in [0.29, 0.717) is 0 Å². The quantitative estimate of drug-likeness (QED) is 0.189. The van der Waals surface area contributed by atoms with Crippen LogP contribution >= 0.6 is 11.3 Å². The number of aryl methyl sites for hydroxylation is 1. The fourth-order valence-corrected chi connectivity index (χ4v) is 8.92. The maximum Gasteiger partial charge on any atom is 0.0427 e. The lowest BCUT2D eigenvalue weighted by molar-refractivity contribution is 1.47. The van der Waals surface area contributed by atoms with E-state index >= 15 is 0 Å². The molecule has 0 bridgehead atoms. The highest BCUT2D eigenvalue weighted by Crippen LogP contribution is 2.58. The maximum absolute atomic E-state index is 2.41. The minimum Gasteiger partial charge on any atom is -0.143 e. The topological polar surface area (TPSA) is 0 Å². The highest BCUT2D eigenvalue weighted by molar-refractivity contribution is 7.18. The lowest BCUT2D eigenvalue weighted by Gasteiger charge is -2.20. The van der Waals surface area contributed by atoms with Crippen molar-refractivity contribution in [2.24, 2.45) is 0 Å². The molecule has 0 saturated heterocycles. The maximum atomic E-state index is 2.41. The number of thiophene rings is 1. The van der Waals surface area contributed by atoms with E-state index in [1.807, 2.05) is 11.3 Å². The average molecular weight is 601 g/mol. The molecule has 0 nitrogen and oxygen atoms in total. The minimum absolute atomic E-state index is 1.25. The van der Waals surface area contributed by atoms with E-state index in [1.54, 1.807) is 0 Å². The van der Waals surface area contributed by atoms with Gasteiger partial charge in [-0.3, -0.25) is 0 Å². The largest absolute Gasteiger partial charge is 0.143 e. The lowest BCUT2D eigenvalue weighted by atomic mass is 9.82. The van der Waals surface area contributed by atoms with Crippen LogP contribution in [0, 0.1) is 6.92 Å². The van der Waals surface area contributed by atoms with Crippen molar-refractivity contribution in [3.05, 3.63) is 157 Å². The van der Waals surface area contributed by atoms with Crippen molar-refractivity contribution in [3.8, 4) is 55.6 Å². The van der Waals surface area contributed by atoms with E-state index in [9.17, 15) is 0 Å². The zero-order valence-electron chi connectivity index (χ0n) is 25.3. The van der Waals surface area contributed by atoms with Crippen molar-refractivity contribution in [2.75, 3.05) is 0 Å². The van der Waals surface area contributed by atoms with Crippen LogP contribution in [0.25, 0.3) is 98.0 Å². The first-order valence-corrected chi connectivity index (χ1v) is 16.8. The molecule has 0 atom stereocenters. The van der Waals surface area contributed by atoms with Crippen LogP contribution < -0.4 is 0 Å². The molecule has 1 heteroatoms. The summed E-state index contributed by atoms with van der Waals surface area (Å²) in [6.45, 7) is 2.17. The summed E-state index contributed by atoms with van der Waals surface area (Å²) >= 11 is 1.85. The Morgan fingerprint density at radius 2 is 1.00 bits per heavy atom. The molecule has 1 aliphatic rings. The van der Waals surface area contributed by atoms with Crippen LogP contribution in [0.4, 0.5) is 0 Å². The molecular formula is C45H28S. The lowest BCUT2D eigenvalue weighted by Crippen LogP contribution is -1.93. The first-order valence-electron chi connectivity index (χ1n) is 15.9. The van der Waals surface area contributed by atoms with Crippen LogP contribution in [0.2, 0.25) is 0 Å². The third-order valence-electron chi connectivity index (χ3n) is 9.95. The molecule has 0 aliphatic heterocycles. The molecule has 0 fully saturated rings. The number of benzene rings is 8. The highest BCUT2D eigenvalue weighted by atomic mass is 32.1. The second-order valence-electron chi connectivity index (χ2n) is 12.5. The Bertz CT molecular complexity index is 2670. The molecule has 10 rings (SSSR count). The van der Waals surface area contributed by atoms with Crippen LogP contribution in [0.1, 0.15) is 5.56 Å². The third kappa shape index (κ3) is 3.55. The standard InChI is InChI=1S/C45H28S/c1-27-18-20-29(21-19-27)41-35-15-8-7-14-34(35)40(28-10-3-2-4-11-28)43-37-17-9-16-33-32(22-23-38(42(33)37)44(41)43)39-26-30-12-5-6-13-31(30)36-24-25-46-45(36)39/h2-26H,1H3. The third-order valence-corrected chi connectivity index (χ3v) is 10.9. The smallest absolute Gasteiger partial charge is 0.0427 e. The van der Waals surface area contributed by atoms with Crippen molar-refractivity contribution in [3.63, 3.8) is 0 Å². The molecule has 8 aromatic carbocycles. The predicted octanol–water partition coefficient (Wildman–Crippen LogP) is 13.3. The number of fused-ring (bicyclic) bond motifs is 7. The van der Waals surface area contributed by atoms with Gasteiger partial charge in [0.05, 0.1) is 0 Å². The van der Waals surface area contributed by atoms with Crippen LogP contribution in [0.3, 0.4) is 0 Å². The fraction of sp³-hybridized carbons (Fsp3) is 0.0222. The number of rotatable bonds is 3. The van der Waals surface area contributed by atoms with Gasteiger partial charge in [0, 0.05) is 15.6 Å². The normalized spacial score (nSPS) is 12.0. The summed E-state index contributed by atoms with van der Waals surface area (Å²) < 4.78 is 1.35. The highest BCUT2D eigenvalue weighted by Gasteiger charge is 2.31. The van der Waals surface area contributed by atoms with Crippen LogP contribution in [-0.2, 0) is 0 Å². The van der Waals surface area contributed by atoms with Gasteiger partial charge in [0.25, 0.3) is 0 Å². The van der Waals surface area contributed by atoms with E-state index in [0.717, 1.165) is 0 Å². The van der Waals surface area contributed by atoms with Crippen LogP contribution in [0.15, 0.2) is 151 Å². The Labute approximate surface area is 271 Å². The molecule has 0 unspecified atom stereocenters. The molecule has 0 radical (unpaired) electrons. The zero-order chi connectivity index (χ0) is 30.4. The molecule has 0 saturated carbocycles. The van der Waals surface area contributed by atoms with Gasteiger partial charge in [0.2, 0.25) is 0 Å². The molecular weight excluding hydrogens is 573 g/mol. The van der Waals surface area contributed by atoms with Crippen molar-refractivity contribution in [2.45, 2.75) is 6.92 Å². The number of hydrogen-bond acceptors (Lipinski definition) is 1. The van der Waals surface area contributed by atoms with E-state index in [4.69, 9.17) is 0 Å². The first-order chi connectivity index (χ1) is 22.8. The fourth-order valence-electron chi connectivity index (χ4n) is 7.98. The predicted molar refractivity (Wildman–Crippen MR) is 200 cm³/mol. The summed E-state index contributed by atoms with van der Waals surface area (Å²) in [6.07, 6.45) is 0. The van der Waals surface area contributed by atoms with Gasteiger partial charge in [0.1, 0.15) is 0 Å². The van der Waals surface area contributed by atoms with Gasteiger partial charge in [-0.15, -0.1) is 11.3 Å². The molecule has 1 aliphatic carbocycles. The van der Waals surface area contributed by atoms with Crippen molar-refractivity contribution >= 4 is 53.7 Å². The average Bonchev–Trinajstić information content (AvgIpc) is 3.73. The van der Waals surface area contributed by atoms with Gasteiger partial charge in [-0.2, -0.15) is 0 Å². The summed E-state index contributed by atoms with van der Waals surface area (Å²) in [5.74, 6) is 0. The van der Waals surface area contributed by atoms with E-state index in [-0.39, 0.29) is 0 Å². The second-order valence-corrected chi connectivity index (χ2v) is 13.4. The van der Waals surface area contributed by atoms with Crippen molar-refractivity contribution in [1.82, 2.24) is 0 Å². The van der Waals surface area contributed by atoms with Gasteiger partial charge < -0.3 is 0 Å². The van der Waals surface area contributed by atoms with Crippen LogP contribution in [0.5, 0.6) is 0 Å². The molecule has 0 N–H and O–H groups in total.